The Hall–Kier alpha value is -1.98. The predicted octanol–water partition coefficient (Wildman–Crippen LogP) is 3.47. The molecule has 0 radical (unpaired) electrons. The first-order chi connectivity index (χ1) is 11.3. The lowest BCUT2D eigenvalue weighted by Crippen LogP contribution is -2.41. The topological polar surface area (TPSA) is 57.6 Å². The lowest BCUT2D eigenvalue weighted by molar-refractivity contribution is -0.141. The summed E-state index contributed by atoms with van der Waals surface area (Å²) in [5, 5.41) is 11.0. The zero-order valence-electron chi connectivity index (χ0n) is 13.5. The van der Waals surface area contributed by atoms with E-state index in [-0.39, 0.29) is 12.2 Å². The smallest absolute Gasteiger partial charge is 0.264 e. The Kier molecular flexibility index (Phi) is 4.32. The molecule has 124 valence electrons. The van der Waals surface area contributed by atoms with Crippen molar-refractivity contribution in [3.05, 3.63) is 63.6 Å². The Morgan fingerprint density at radius 1 is 1.21 bits per heavy atom. The van der Waals surface area contributed by atoms with Crippen LogP contribution in [0.15, 0.2) is 46.9 Å². The molecule has 1 N–H and O–H groups in total. The first kappa shape index (κ1) is 16.9. The molecule has 0 aliphatic carbocycles. The summed E-state index contributed by atoms with van der Waals surface area (Å²) in [6.45, 7) is 3.74. The average Bonchev–Trinajstić information content (AvgIpc) is 2.71. The van der Waals surface area contributed by atoms with Crippen molar-refractivity contribution < 1.29 is 14.7 Å². The monoisotopic (exact) mass is 387 g/mol. The second-order valence-corrected chi connectivity index (χ2v) is 7.19. The molecule has 3 rings (SSSR count). The van der Waals surface area contributed by atoms with Gasteiger partial charge >= 0.3 is 0 Å². The molecule has 1 aliphatic rings. The van der Waals surface area contributed by atoms with Crippen molar-refractivity contribution in [2.45, 2.75) is 32.4 Å². The van der Waals surface area contributed by atoms with Gasteiger partial charge in [0.2, 0.25) is 0 Å². The van der Waals surface area contributed by atoms with Crippen LogP contribution in [0.2, 0.25) is 0 Å². The number of halogens is 1. The first-order valence-electron chi connectivity index (χ1n) is 7.70. The number of benzene rings is 2. The van der Waals surface area contributed by atoms with E-state index in [0.717, 1.165) is 15.6 Å². The van der Waals surface area contributed by atoms with Crippen LogP contribution in [0.5, 0.6) is 0 Å². The van der Waals surface area contributed by atoms with Gasteiger partial charge in [0.05, 0.1) is 12.2 Å². The highest BCUT2D eigenvalue weighted by molar-refractivity contribution is 9.10. The molecule has 1 aliphatic heterocycles. The maximum atomic E-state index is 12.9. The first-order valence-corrected chi connectivity index (χ1v) is 8.50. The van der Waals surface area contributed by atoms with E-state index in [0.29, 0.717) is 17.8 Å². The van der Waals surface area contributed by atoms with Gasteiger partial charge in [-0.3, -0.25) is 9.59 Å². The number of aryl methyl sites for hydroxylation is 1. The van der Waals surface area contributed by atoms with Gasteiger partial charge in [-0.05, 0) is 37.6 Å². The van der Waals surface area contributed by atoms with Crippen LogP contribution < -0.4 is 4.90 Å². The summed E-state index contributed by atoms with van der Waals surface area (Å²) in [5.74, 6) is -0.680. The maximum Gasteiger partial charge on any atom is 0.264 e. The lowest BCUT2D eigenvalue weighted by atomic mass is 9.90. The second kappa shape index (κ2) is 6.15. The molecule has 0 saturated carbocycles. The van der Waals surface area contributed by atoms with Crippen molar-refractivity contribution >= 4 is 33.3 Å². The molecule has 2 aromatic rings. The van der Waals surface area contributed by atoms with Crippen molar-refractivity contribution in [3.63, 3.8) is 0 Å². The molecule has 0 bridgehead atoms. The zero-order chi connectivity index (χ0) is 17.5. The maximum absolute atomic E-state index is 12.9. The second-order valence-electron chi connectivity index (χ2n) is 6.28. The Morgan fingerprint density at radius 3 is 2.50 bits per heavy atom. The zero-order valence-corrected chi connectivity index (χ0v) is 15.1. The Bertz CT molecular complexity index is 816. The number of hydrogen-bond donors (Lipinski definition) is 1. The molecule has 1 atom stereocenters. The minimum atomic E-state index is -1.80. The van der Waals surface area contributed by atoms with E-state index in [4.69, 9.17) is 0 Å². The third-order valence-corrected chi connectivity index (χ3v) is 4.75. The van der Waals surface area contributed by atoms with E-state index in [1.54, 1.807) is 17.0 Å². The molecule has 0 unspecified atom stereocenters. The molecule has 1 heterocycles. The largest absolute Gasteiger partial charge is 0.375 e. The quantitative estimate of drug-likeness (QED) is 0.873. The number of nitrogens with zero attached hydrogens (tertiary/aromatic N) is 1. The fourth-order valence-corrected chi connectivity index (χ4v) is 3.45. The molecule has 2 aromatic carbocycles. The van der Waals surface area contributed by atoms with Gasteiger partial charge in [0.1, 0.15) is 5.78 Å². The summed E-state index contributed by atoms with van der Waals surface area (Å²) in [7, 11) is 0. The molecule has 5 heteroatoms. The molecule has 0 saturated heterocycles. The van der Waals surface area contributed by atoms with Crippen molar-refractivity contribution in [2.75, 3.05) is 4.90 Å². The molecule has 0 aromatic heterocycles. The van der Waals surface area contributed by atoms with Crippen LogP contribution in [0.4, 0.5) is 5.69 Å². The molecule has 4 nitrogen and oxygen atoms in total. The highest BCUT2D eigenvalue weighted by Crippen LogP contribution is 2.44. The highest BCUT2D eigenvalue weighted by Gasteiger charge is 2.50. The van der Waals surface area contributed by atoms with E-state index in [1.165, 1.54) is 6.92 Å². The van der Waals surface area contributed by atoms with Gasteiger partial charge in [0.15, 0.2) is 5.60 Å². The number of hydrogen-bond acceptors (Lipinski definition) is 3. The number of ketones is 1. The van der Waals surface area contributed by atoms with Gasteiger partial charge in [-0.1, -0.05) is 45.8 Å². The van der Waals surface area contributed by atoms with Crippen LogP contribution in [-0.2, 0) is 21.7 Å². The molecule has 0 fully saturated rings. The lowest BCUT2D eigenvalue weighted by Gasteiger charge is -2.22. The molecule has 0 spiro atoms. The Balaban J connectivity index is 2.04. The van der Waals surface area contributed by atoms with Crippen LogP contribution in [0, 0.1) is 6.92 Å². The predicted molar refractivity (Wildman–Crippen MR) is 95.7 cm³/mol. The van der Waals surface area contributed by atoms with Crippen LogP contribution in [0.25, 0.3) is 0 Å². The van der Waals surface area contributed by atoms with Gasteiger partial charge in [0.25, 0.3) is 5.91 Å². The third kappa shape index (κ3) is 2.89. The van der Waals surface area contributed by atoms with Crippen molar-refractivity contribution in [3.8, 4) is 0 Å². The minimum Gasteiger partial charge on any atom is -0.375 e. The minimum absolute atomic E-state index is 0.223. The summed E-state index contributed by atoms with van der Waals surface area (Å²) in [5.41, 5.74) is 1.44. The van der Waals surface area contributed by atoms with Crippen LogP contribution in [-0.4, -0.2) is 16.8 Å². The molecular weight excluding hydrogens is 370 g/mol. The summed E-state index contributed by atoms with van der Waals surface area (Å²) in [6.07, 6.45) is -0.223. The SMILES string of the molecule is CC(=O)C[C@@]1(O)C(=O)N(Cc2ccc(C)cc2)c2ccc(Br)cc21. The Morgan fingerprint density at radius 2 is 1.88 bits per heavy atom. The molecule has 1 amide bonds. The summed E-state index contributed by atoms with van der Waals surface area (Å²) < 4.78 is 0.758. The highest BCUT2D eigenvalue weighted by atomic mass is 79.9. The summed E-state index contributed by atoms with van der Waals surface area (Å²) in [6, 6.07) is 13.2. The van der Waals surface area contributed by atoms with E-state index < -0.39 is 11.5 Å². The number of fused-ring (bicyclic) bond motifs is 1. The van der Waals surface area contributed by atoms with Crippen LogP contribution in [0.1, 0.15) is 30.0 Å². The Labute approximate surface area is 149 Å². The standard InChI is InChI=1S/C19H18BrNO3/c1-12-3-5-14(6-4-12)11-21-17-8-7-15(20)9-16(17)19(24,18(21)23)10-13(2)22/h3-9,24H,10-11H2,1-2H3/t19-/m0/s1. The normalized spacial score (nSPS) is 19.5. The molecule has 24 heavy (non-hydrogen) atoms. The summed E-state index contributed by atoms with van der Waals surface area (Å²) >= 11 is 3.37. The van der Waals surface area contributed by atoms with E-state index in [1.807, 2.05) is 37.3 Å². The van der Waals surface area contributed by atoms with Gasteiger partial charge in [-0.25, -0.2) is 0 Å². The fourth-order valence-electron chi connectivity index (χ4n) is 3.09. The van der Waals surface area contributed by atoms with Crippen LogP contribution >= 0.6 is 15.9 Å². The van der Waals surface area contributed by atoms with Crippen molar-refractivity contribution in [1.82, 2.24) is 0 Å². The number of rotatable bonds is 4. The van der Waals surface area contributed by atoms with Crippen LogP contribution in [0.3, 0.4) is 0 Å². The number of carbonyl (C=O) groups excluding carboxylic acids is 2. The number of amides is 1. The van der Waals surface area contributed by atoms with Gasteiger partial charge < -0.3 is 10.0 Å². The van der Waals surface area contributed by atoms with Gasteiger partial charge in [0, 0.05) is 16.5 Å². The number of carbonyl (C=O) groups is 2. The van der Waals surface area contributed by atoms with E-state index in [2.05, 4.69) is 15.9 Å². The molecular formula is C19H18BrNO3. The number of Topliss-reactive ketones (excluding diaryl/α,β-unsaturated/α-hetero) is 1. The number of anilines is 1. The van der Waals surface area contributed by atoms with Gasteiger partial charge in [-0.15, -0.1) is 0 Å². The number of aliphatic hydroxyl groups is 1. The van der Waals surface area contributed by atoms with E-state index >= 15 is 0 Å². The van der Waals surface area contributed by atoms with Gasteiger partial charge in [-0.2, -0.15) is 0 Å². The van der Waals surface area contributed by atoms with Crippen molar-refractivity contribution in [2.24, 2.45) is 0 Å². The average molecular weight is 388 g/mol. The third-order valence-electron chi connectivity index (χ3n) is 4.26. The van der Waals surface area contributed by atoms with Crippen molar-refractivity contribution in [1.29, 1.82) is 0 Å². The summed E-state index contributed by atoms with van der Waals surface area (Å²) in [4.78, 5) is 26.1. The van der Waals surface area contributed by atoms with E-state index in [9.17, 15) is 14.7 Å². The fraction of sp³-hybridized carbons (Fsp3) is 0.263.